The topological polar surface area (TPSA) is 65.4 Å². The lowest BCUT2D eigenvalue weighted by atomic mass is 10.1. The highest BCUT2D eigenvalue weighted by molar-refractivity contribution is 5.74. The van der Waals surface area contributed by atoms with Gasteiger partial charge in [-0.15, -0.1) is 0 Å². The number of methoxy groups -OCH3 is 1. The van der Waals surface area contributed by atoms with Gasteiger partial charge in [0.25, 0.3) is 0 Å². The van der Waals surface area contributed by atoms with Crippen molar-refractivity contribution in [1.29, 1.82) is 5.26 Å². The van der Waals surface area contributed by atoms with Gasteiger partial charge < -0.3 is 15.0 Å². The third-order valence-electron chi connectivity index (χ3n) is 2.61. The minimum Gasteiger partial charge on any atom is -0.383 e. The number of rotatable bonds is 5. The van der Waals surface area contributed by atoms with Crippen LogP contribution < -0.4 is 5.32 Å². The van der Waals surface area contributed by atoms with E-state index in [1.807, 2.05) is 19.1 Å². The first-order valence-corrected chi connectivity index (χ1v) is 6.06. The van der Waals surface area contributed by atoms with Gasteiger partial charge in [-0.3, -0.25) is 0 Å². The Bertz CT molecular complexity index is 468. The Morgan fingerprint density at radius 3 is 2.95 bits per heavy atom. The van der Waals surface area contributed by atoms with Gasteiger partial charge in [-0.05, 0) is 24.6 Å². The highest BCUT2D eigenvalue weighted by Gasteiger charge is 2.12. The van der Waals surface area contributed by atoms with Crippen molar-refractivity contribution in [2.45, 2.75) is 19.5 Å². The number of nitrogens with one attached hydrogen (secondary N) is 1. The second-order valence-corrected chi connectivity index (χ2v) is 4.47. The van der Waals surface area contributed by atoms with E-state index in [0.717, 1.165) is 5.56 Å². The van der Waals surface area contributed by atoms with Crippen LogP contribution in [0.2, 0.25) is 0 Å². The summed E-state index contributed by atoms with van der Waals surface area (Å²) in [4.78, 5) is 13.5. The number of carbonyl (C=O) groups is 1. The molecule has 1 aromatic carbocycles. The Kier molecular flexibility index (Phi) is 5.83. The minimum atomic E-state index is -0.160. The number of ether oxygens (including phenoxy) is 1. The number of benzene rings is 1. The van der Waals surface area contributed by atoms with E-state index in [2.05, 4.69) is 11.4 Å². The number of nitrogens with zero attached hydrogens (tertiary/aromatic N) is 2. The summed E-state index contributed by atoms with van der Waals surface area (Å²) < 4.78 is 4.96. The Labute approximate surface area is 113 Å². The van der Waals surface area contributed by atoms with Gasteiger partial charge in [0.15, 0.2) is 0 Å². The molecule has 5 nitrogen and oxygen atoms in total. The van der Waals surface area contributed by atoms with E-state index >= 15 is 0 Å². The van der Waals surface area contributed by atoms with E-state index in [4.69, 9.17) is 10.00 Å². The fourth-order valence-corrected chi connectivity index (χ4v) is 1.70. The normalized spacial score (nSPS) is 11.5. The molecule has 1 aromatic rings. The quantitative estimate of drug-likeness (QED) is 0.878. The van der Waals surface area contributed by atoms with Gasteiger partial charge in [0, 0.05) is 20.7 Å². The first-order chi connectivity index (χ1) is 9.06. The van der Waals surface area contributed by atoms with Crippen LogP contribution in [0.3, 0.4) is 0 Å². The molecule has 1 unspecified atom stereocenters. The van der Waals surface area contributed by atoms with Crippen molar-refractivity contribution >= 4 is 6.03 Å². The predicted octanol–water partition coefficient (Wildman–Crippen LogP) is 1.73. The van der Waals surface area contributed by atoms with Gasteiger partial charge in [-0.2, -0.15) is 5.26 Å². The Morgan fingerprint density at radius 2 is 2.32 bits per heavy atom. The minimum absolute atomic E-state index is 0.0367. The van der Waals surface area contributed by atoms with Gasteiger partial charge >= 0.3 is 6.03 Å². The first kappa shape index (κ1) is 15.0. The fraction of sp³-hybridized carbons (Fsp3) is 0.429. The molecule has 19 heavy (non-hydrogen) atoms. The molecule has 1 N–H and O–H groups in total. The molecule has 0 heterocycles. The molecule has 0 fully saturated rings. The van der Waals surface area contributed by atoms with Crippen LogP contribution in [0.15, 0.2) is 24.3 Å². The van der Waals surface area contributed by atoms with Crippen molar-refractivity contribution in [2.75, 3.05) is 20.8 Å². The molecule has 1 atom stereocenters. The standard InChI is InChI=1S/C14H19N3O2/c1-11(10-19-3)16-14(18)17(2)9-13-6-4-5-12(7-13)8-15/h4-7,11H,9-10H2,1-3H3,(H,16,18). The molecule has 1 rings (SSSR count). The lowest BCUT2D eigenvalue weighted by molar-refractivity contribution is 0.162. The average Bonchev–Trinajstić information content (AvgIpc) is 2.39. The highest BCUT2D eigenvalue weighted by atomic mass is 16.5. The van der Waals surface area contributed by atoms with Crippen LogP contribution in [-0.4, -0.2) is 37.7 Å². The molecular formula is C14H19N3O2. The van der Waals surface area contributed by atoms with Crippen LogP contribution in [0.5, 0.6) is 0 Å². The highest BCUT2D eigenvalue weighted by Crippen LogP contribution is 2.07. The van der Waals surface area contributed by atoms with Crippen LogP contribution in [-0.2, 0) is 11.3 Å². The number of amides is 2. The number of carbonyl (C=O) groups excluding carboxylic acids is 1. The van der Waals surface area contributed by atoms with Crippen LogP contribution in [0.25, 0.3) is 0 Å². The summed E-state index contributed by atoms with van der Waals surface area (Å²) in [5.41, 5.74) is 1.52. The maximum absolute atomic E-state index is 11.9. The maximum atomic E-state index is 11.9. The molecule has 0 aliphatic carbocycles. The molecule has 0 spiro atoms. The smallest absolute Gasteiger partial charge is 0.317 e. The predicted molar refractivity (Wildman–Crippen MR) is 72.5 cm³/mol. The van der Waals surface area contributed by atoms with Gasteiger partial charge in [-0.1, -0.05) is 12.1 Å². The lowest BCUT2D eigenvalue weighted by Crippen LogP contribution is -2.43. The zero-order chi connectivity index (χ0) is 14.3. The number of hydrogen-bond acceptors (Lipinski definition) is 3. The Morgan fingerprint density at radius 1 is 1.58 bits per heavy atom. The summed E-state index contributed by atoms with van der Waals surface area (Å²) in [7, 11) is 3.31. The van der Waals surface area contributed by atoms with Gasteiger partial charge in [0.05, 0.1) is 24.3 Å². The summed E-state index contributed by atoms with van der Waals surface area (Å²) in [6.45, 7) is 2.82. The van der Waals surface area contributed by atoms with Gasteiger partial charge in [0.2, 0.25) is 0 Å². The molecule has 0 aliphatic rings. The third kappa shape index (κ3) is 4.98. The molecule has 0 saturated heterocycles. The van der Waals surface area contributed by atoms with Crippen LogP contribution >= 0.6 is 0 Å². The van der Waals surface area contributed by atoms with Crippen molar-refractivity contribution < 1.29 is 9.53 Å². The third-order valence-corrected chi connectivity index (χ3v) is 2.61. The van der Waals surface area contributed by atoms with Gasteiger partial charge in [0.1, 0.15) is 0 Å². The van der Waals surface area contributed by atoms with Crippen molar-refractivity contribution in [3.63, 3.8) is 0 Å². The zero-order valence-electron chi connectivity index (χ0n) is 11.5. The monoisotopic (exact) mass is 261 g/mol. The van der Waals surface area contributed by atoms with Gasteiger partial charge in [-0.25, -0.2) is 4.79 Å². The number of hydrogen-bond donors (Lipinski definition) is 1. The van der Waals surface area contributed by atoms with E-state index in [1.165, 1.54) is 0 Å². The summed E-state index contributed by atoms with van der Waals surface area (Å²) in [5, 5.41) is 11.7. The lowest BCUT2D eigenvalue weighted by Gasteiger charge is -2.21. The summed E-state index contributed by atoms with van der Waals surface area (Å²) in [5.74, 6) is 0. The SMILES string of the molecule is COCC(C)NC(=O)N(C)Cc1cccc(C#N)c1. The number of nitriles is 1. The van der Waals surface area contributed by atoms with Crippen molar-refractivity contribution in [3.05, 3.63) is 35.4 Å². The van der Waals surface area contributed by atoms with E-state index < -0.39 is 0 Å². The molecule has 0 saturated carbocycles. The van der Waals surface area contributed by atoms with E-state index in [9.17, 15) is 4.79 Å². The van der Waals surface area contributed by atoms with E-state index in [1.54, 1.807) is 31.2 Å². The molecule has 5 heteroatoms. The second kappa shape index (κ2) is 7.39. The number of urea groups is 1. The van der Waals surface area contributed by atoms with E-state index in [0.29, 0.717) is 18.7 Å². The average molecular weight is 261 g/mol. The molecule has 102 valence electrons. The van der Waals surface area contributed by atoms with Crippen molar-refractivity contribution in [2.24, 2.45) is 0 Å². The maximum Gasteiger partial charge on any atom is 0.317 e. The molecule has 0 radical (unpaired) electrons. The van der Waals surface area contributed by atoms with Crippen LogP contribution in [0.1, 0.15) is 18.1 Å². The second-order valence-electron chi connectivity index (χ2n) is 4.47. The van der Waals surface area contributed by atoms with Crippen molar-refractivity contribution in [1.82, 2.24) is 10.2 Å². The zero-order valence-corrected chi connectivity index (χ0v) is 11.5. The molecule has 0 aromatic heterocycles. The Balaban J connectivity index is 2.56. The van der Waals surface area contributed by atoms with Crippen LogP contribution in [0.4, 0.5) is 4.79 Å². The molecule has 0 bridgehead atoms. The van der Waals surface area contributed by atoms with Crippen molar-refractivity contribution in [3.8, 4) is 6.07 Å². The van der Waals surface area contributed by atoms with Crippen LogP contribution in [0, 0.1) is 11.3 Å². The Hall–Kier alpha value is -2.06. The first-order valence-electron chi connectivity index (χ1n) is 6.06. The fourth-order valence-electron chi connectivity index (χ4n) is 1.70. The summed E-state index contributed by atoms with van der Waals surface area (Å²) >= 11 is 0. The summed E-state index contributed by atoms with van der Waals surface area (Å²) in [6.07, 6.45) is 0. The largest absolute Gasteiger partial charge is 0.383 e. The van der Waals surface area contributed by atoms with E-state index in [-0.39, 0.29) is 12.1 Å². The summed E-state index contributed by atoms with van der Waals surface area (Å²) in [6, 6.07) is 9.11. The molecule has 0 aliphatic heterocycles. The molecular weight excluding hydrogens is 242 g/mol. The molecule has 2 amide bonds.